The van der Waals surface area contributed by atoms with Crippen molar-refractivity contribution in [3.63, 3.8) is 0 Å². The first-order valence-electron chi connectivity index (χ1n) is 5.57. The SMILES string of the molecule is FC(F)(F)/C=C(/c1ccccc1)c1ccc(Cl)cc1. The maximum atomic E-state index is 12.7. The molecule has 0 bridgehead atoms. The van der Waals surface area contributed by atoms with Crippen molar-refractivity contribution in [2.75, 3.05) is 0 Å². The third-order valence-corrected chi connectivity index (χ3v) is 2.80. The van der Waals surface area contributed by atoms with Gasteiger partial charge in [0.25, 0.3) is 0 Å². The highest BCUT2D eigenvalue weighted by molar-refractivity contribution is 6.30. The number of benzene rings is 2. The highest BCUT2D eigenvalue weighted by Gasteiger charge is 2.25. The second kappa shape index (κ2) is 5.49. The van der Waals surface area contributed by atoms with Crippen molar-refractivity contribution in [1.29, 1.82) is 0 Å². The Balaban J connectivity index is 2.53. The summed E-state index contributed by atoms with van der Waals surface area (Å²) in [5.41, 5.74) is 1.12. The van der Waals surface area contributed by atoms with Gasteiger partial charge >= 0.3 is 6.18 Å². The van der Waals surface area contributed by atoms with Gasteiger partial charge in [0.2, 0.25) is 0 Å². The molecule has 4 heteroatoms. The van der Waals surface area contributed by atoms with E-state index in [2.05, 4.69) is 0 Å². The number of halogens is 4. The van der Waals surface area contributed by atoms with E-state index in [-0.39, 0.29) is 5.57 Å². The van der Waals surface area contributed by atoms with Gasteiger partial charge in [0.1, 0.15) is 0 Å². The molecule has 0 unspecified atom stereocenters. The molecule has 0 fully saturated rings. The fraction of sp³-hybridized carbons (Fsp3) is 0.0667. The van der Waals surface area contributed by atoms with Crippen molar-refractivity contribution in [1.82, 2.24) is 0 Å². The summed E-state index contributed by atoms with van der Waals surface area (Å²) in [5.74, 6) is 0. The van der Waals surface area contributed by atoms with Crippen molar-refractivity contribution >= 4 is 17.2 Å². The summed E-state index contributed by atoms with van der Waals surface area (Å²) in [7, 11) is 0. The minimum absolute atomic E-state index is 0.129. The Hall–Kier alpha value is -1.74. The summed E-state index contributed by atoms with van der Waals surface area (Å²) in [6.45, 7) is 0. The average molecular weight is 283 g/mol. The Bertz CT molecular complexity index is 569. The number of hydrogen-bond donors (Lipinski definition) is 0. The van der Waals surface area contributed by atoms with Crippen LogP contribution in [0.3, 0.4) is 0 Å². The molecule has 0 nitrogen and oxygen atoms in total. The number of alkyl halides is 3. The summed E-state index contributed by atoms with van der Waals surface area (Å²) in [4.78, 5) is 0. The summed E-state index contributed by atoms with van der Waals surface area (Å²) in [5, 5.41) is 0.489. The molecule has 98 valence electrons. The molecule has 0 aromatic heterocycles. The zero-order valence-corrected chi connectivity index (χ0v) is 10.5. The summed E-state index contributed by atoms with van der Waals surface area (Å²) < 4.78 is 38.0. The molecule has 0 aliphatic heterocycles. The Labute approximate surface area is 114 Å². The summed E-state index contributed by atoms with van der Waals surface area (Å²) in [6, 6.07) is 14.8. The normalized spacial score (nSPS) is 12.5. The van der Waals surface area contributed by atoms with E-state index in [0.29, 0.717) is 22.2 Å². The monoisotopic (exact) mass is 282 g/mol. The molecule has 0 aliphatic carbocycles. The minimum atomic E-state index is -4.37. The quantitative estimate of drug-likeness (QED) is 0.698. The van der Waals surface area contributed by atoms with Crippen molar-refractivity contribution in [3.05, 3.63) is 76.8 Å². The molecule has 0 spiro atoms. The van der Waals surface area contributed by atoms with Gasteiger partial charge in [-0.2, -0.15) is 13.2 Å². The second-order valence-electron chi connectivity index (χ2n) is 3.97. The van der Waals surface area contributed by atoms with E-state index in [1.807, 2.05) is 0 Å². The molecule has 2 aromatic carbocycles. The molecule has 0 amide bonds. The van der Waals surface area contributed by atoms with Crippen LogP contribution in [0.5, 0.6) is 0 Å². The maximum Gasteiger partial charge on any atom is 0.410 e. The van der Waals surface area contributed by atoms with Crippen LogP contribution in [0.15, 0.2) is 60.7 Å². The smallest absolute Gasteiger partial charge is 0.167 e. The highest BCUT2D eigenvalue weighted by Crippen LogP contribution is 2.29. The van der Waals surface area contributed by atoms with Crippen LogP contribution in [-0.4, -0.2) is 6.18 Å². The molecule has 0 atom stereocenters. The molecule has 2 aromatic rings. The lowest BCUT2D eigenvalue weighted by Gasteiger charge is -2.10. The second-order valence-corrected chi connectivity index (χ2v) is 4.41. The van der Waals surface area contributed by atoms with Crippen LogP contribution in [-0.2, 0) is 0 Å². The Morgan fingerprint density at radius 2 is 1.37 bits per heavy atom. The predicted octanol–water partition coefficient (Wildman–Crippen LogP) is 5.33. The fourth-order valence-corrected chi connectivity index (χ4v) is 1.87. The molecule has 0 N–H and O–H groups in total. The van der Waals surface area contributed by atoms with Gasteiger partial charge in [-0.15, -0.1) is 0 Å². The van der Waals surface area contributed by atoms with E-state index in [9.17, 15) is 13.2 Å². The lowest BCUT2D eigenvalue weighted by molar-refractivity contribution is -0.0793. The number of hydrogen-bond acceptors (Lipinski definition) is 0. The third-order valence-electron chi connectivity index (χ3n) is 2.55. The molecular weight excluding hydrogens is 273 g/mol. The largest absolute Gasteiger partial charge is 0.410 e. The van der Waals surface area contributed by atoms with Gasteiger partial charge in [-0.25, -0.2) is 0 Å². The van der Waals surface area contributed by atoms with Gasteiger partial charge in [-0.1, -0.05) is 54.1 Å². The first kappa shape index (κ1) is 13.7. The molecular formula is C15H10ClF3. The van der Waals surface area contributed by atoms with Gasteiger partial charge in [0, 0.05) is 11.1 Å². The zero-order chi connectivity index (χ0) is 13.9. The van der Waals surface area contributed by atoms with Gasteiger partial charge in [-0.3, -0.25) is 0 Å². The van der Waals surface area contributed by atoms with Gasteiger partial charge < -0.3 is 0 Å². The Morgan fingerprint density at radius 1 is 0.842 bits per heavy atom. The molecule has 0 radical (unpaired) electrons. The van der Waals surface area contributed by atoms with E-state index in [0.717, 1.165) is 0 Å². The molecule has 0 saturated carbocycles. The van der Waals surface area contributed by atoms with Gasteiger partial charge in [0.05, 0.1) is 0 Å². The van der Waals surface area contributed by atoms with Crippen molar-refractivity contribution < 1.29 is 13.2 Å². The lowest BCUT2D eigenvalue weighted by atomic mass is 9.97. The summed E-state index contributed by atoms with van der Waals surface area (Å²) in [6.07, 6.45) is -4.06. The van der Waals surface area contributed by atoms with Crippen LogP contribution in [0, 0.1) is 0 Å². The third kappa shape index (κ3) is 3.86. The molecule has 0 saturated heterocycles. The first-order valence-corrected chi connectivity index (χ1v) is 5.94. The highest BCUT2D eigenvalue weighted by atomic mass is 35.5. The zero-order valence-electron chi connectivity index (χ0n) is 9.79. The first-order chi connectivity index (χ1) is 8.96. The maximum absolute atomic E-state index is 12.7. The predicted molar refractivity (Wildman–Crippen MR) is 71.0 cm³/mol. The van der Waals surface area contributed by atoms with E-state index in [1.165, 1.54) is 0 Å². The van der Waals surface area contributed by atoms with Crippen molar-refractivity contribution in [3.8, 4) is 0 Å². The average Bonchev–Trinajstić information content (AvgIpc) is 2.37. The fourth-order valence-electron chi connectivity index (χ4n) is 1.74. The van der Waals surface area contributed by atoms with Gasteiger partial charge in [0.15, 0.2) is 0 Å². The van der Waals surface area contributed by atoms with Crippen LogP contribution in [0.25, 0.3) is 5.57 Å². The van der Waals surface area contributed by atoms with Gasteiger partial charge in [-0.05, 0) is 28.8 Å². The topological polar surface area (TPSA) is 0 Å². The van der Waals surface area contributed by atoms with Crippen LogP contribution < -0.4 is 0 Å². The van der Waals surface area contributed by atoms with E-state index in [4.69, 9.17) is 11.6 Å². The van der Waals surface area contributed by atoms with Crippen LogP contribution in [0.1, 0.15) is 11.1 Å². The molecule has 0 heterocycles. The standard InChI is InChI=1S/C15H10ClF3/c16-13-8-6-12(7-9-13)14(10-15(17,18)19)11-4-2-1-3-5-11/h1-10H/b14-10-. The molecule has 0 aliphatic rings. The molecule has 2 rings (SSSR count). The van der Waals surface area contributed by atoms with E-state index < -0.39 is 6.18 Å². The van der Waals surface area contributed by atoms with Crippen LogP contribution in [0.2, 0.25) is 5.02 Å². The van der Waals surface area contributed by atoms with Crippen LogP contribution >= 0.6 is 11.6 Å². The minimum Gasteiger partial charge on any atom is -0.167 e. The molecule has 19 heavy (non-hydrogen) atoms. The van der Waals surface area contributed by atoms with Crippen molar-refractivity contribution in [2.24, 2.45) is 0 Å². The number of rotatable bonds is 2. The Morgan fingerprint density at radius 3 is 1.89 bits per heavy atom. The lowest BCUT2D eigenvalue weighted by Crippen LogP contribution is -2.04. The number of allylic oxidation sites excluding steroid dienone is 1. The van der Waals surface area contributed by atoms with E-state index >= 15 is 0 Å². The Kier molecular flexibility index (Phi) is 3.96. The van der Waals surface area contributed by atoms with E-state index in [1.54, 1.807) is 54.6 Å². The van der Waals surface area contributed by atoms with Crippen LogP contribution in [0.4, 0.5) is 13.2 Å². The summed E-state index contributed by atoms with van der Waals surface area (Å²) >= 11 is 5.75. The van der Waals surface area contributed by atoms with Crippen molar-refractivity contribution in [2.45, 2.75) is 6.18 Å².